The number of amides is 1. The molecule has 1 atom stereocenters. The first-order valence-electron chi connectivity index (χ1n) is 10.6. The quantitative estimate of drug-likeness (QED) is 0.283. The second-order valence-electron chi connectivity index (χ2n) is 8.17. The number of carbonyl (C=O) groups is 2. The maximum absolute atomic E-state index is 13.2. The molecule has 1 N–H and O–H groups in total. The average molecular weight is 462 g/mol. The van der Waals surface area contributed by atoms with E-state index in [2.05, 4.69) is 0 Å². The number of methoxy groups -OCH3 is 1. The Labute approximate surface area is 197 Å². The maximum Gasteiger partial charge on any atom is 0.300 e. The topological polar surface area (TPSA) is 66.8 Å². The van der Waals surface area contributed by atoms with Gasteiger partial charge in [-0.1, -0.05) is 55.8 Å². The van der Waals surface area contributed by atoms with Crippen LogP contribution < -0.4 is 9.64 Å². The van der Waals surface area contributed by atoms with Crippen molar-refractivity contribution in [3.63, 3.8) is 0 Å². The van der Waals surface area contributed by atoms with Crippen molar-refractivity contribution in [2.24, 2.45) is 0 Å². The van der Waals surface area contributed by atoms with Gasteiger partial charge in [0.1, 0.15) is 11.5 Å². The van der Waals surface area contributed by atoms with Crippen LogP contribution in [0.5, 0.6) is 5.75 Å². The molecule has 1 aliphatic heterocycles. The highest BCUT2D eigenvalue weighted by atomic mass is 35.5. The molecule has 1 unspecified atom stereocenters. The van der Waals surface area contributed by atoms with E-state index in [9.17, 15) is 14.7 Å². The van der Waals surface area contributed by atoms with Gasteiger partial charge in [-0.05, 0) is 59.5 Å². The number of ether oxygens (including phenoxy) is 1. The summed E-state index contributed by atoms with van der Waals surface area (Å²) >= 11 is 6.03. The smallest absolute Gasteiger partial charge is 0.300 e. The molecule has 168 valence electrons. The second kappa shape index (κ2) is 9.12. The number of aliphatic hydroxyl groups excluding tert-OH is 1. The van der Waals surface area contributed by atoms with Gasteiger partial charge in [0, 0.05) is 16.3 Å². The highest BCUT2D eigenvalue weighted by Crippen LogP contribution is 2.42. The van der Waals surface area contributed by atoms with Crippen LogP contribution in [0, 0.1) is 0 Å². The SMILES string of the molecule is COc1ccc(/C(O)=C2/C(=O)C(=O)N(c3ccc(Cl)cc3)C2c2ccccc2)cc1C(C)C. The molecule has 1 fully saturated rings. The van der Waals surface area contributed by atoms with Gasteiger partial charge in [-0.25, -0.2) is 0 Å². The number of hydrogen-bond acceptors (Lipinski definition) is 4. The molecule has 0 aromatic heterocycles. The summed E-state index contributed by atoms with van der Waals surface area (Å²) in [6.07, 6.45) is 0. The van der Waals surface area contributed by atoms with Crippen LogP contribution in [0.4, 0.5) is 5.69 Å². The predicted octanol–water partition coefficient (Wildman–Crippen LogP) is 6.10. The molecule has 1 amide bonds. The van der Waals surface area contributed by atoms with Crippen LogP contribution in [-0.4, -0.2) is 23.9 Å². The third-order valence-electron chi connectivity index (χ3n) is 5.79. The van der Waals surface area contributed by atoms with Crippen LogP contribution >= 0.6 is 11.6 Å². The summed E-state index contributed by atoms with van der Waals surface area (Å²) in [6, 6.07) is 20.4. The van der Waals surface area contributed by atoms with Crippen molar-refractivity contribution in [3.05, 3.63) is 100 Å². The Hall–Kier alpha value is -3.57. The lowest BCUT2D eigenvalue weighted by atomic mass is 9.93. The molecule has 0 radical (unpaired) electrons. The number of anilines is 1. The van der Waals surface area contributed by atoms with Crippen molar-refractivity contribution in [3.8, 4) is 5.75 Å². The van der Waals surface area contributed by atoms with Gasteiger partial charge in [0.2, 0.25) is 0 Å². The van der Waals surface area contributed by atoms with E-state index in [1.165, 1.54) is 4.90 Å². The standard InChI is InChI=1S/C27H24ClNO4/c1-16(2)21-15-18(9-14-22(21)33-3)25(30)23-24(17-7-5-4-6-8-17)29(27(32)26(23)31)20-12-10-19(28)11-13-20/h4-16,24,30H,1-3H3/b25-23-. The lowest BCUT2D eigenvalue weighted by Crippen LogP contribution is -2.29. The first-order chi connectivity index (χ1) is 15.8. The minimum absolute atomic E-state index is 0.0426. The minimum Gasteiger partial charge on any atom is -0.507 e. The largest absolute Gasteiger partial charge is 0.507 e. The van der Waals surface area contributed by atoms with E-state index < -0.39 is 17.7 Å². The third kappa shape index (κ3) is 4.12. The van der Waals surface area contributed by atoms with Crippen LogP contribution in [0.3, 0.4) is 0 Å². The van der Waals surface area contributed by atoms with E-state index in [0.29, 0.717) is 27.6 Å². The summed E-state index contributed by atoms with van der Waals surface area (Å²) in [4.78, 5) is 27.8. The third-order valence-corrected chi connectivity index (χ3v) is 6.04. The number of ketones is 1. The van der Waals surface area contributed by atoms with Crippen molar-refractivity contribution in [1.29, 1.82) is 0 Å². The number of Topliss-reactive ketones (excluding diaryl/α,β-unsaturated/α-hetero) is 1. The van der Waals surface area contributed by atoms with Gasteiger partial charge in [-0.3, -0.25) is 14.5 Å². The zero-order valence-electron chi connectivity index (χ0n) is 18.6. The number of benzene rings is 3. The molecular formula is C27H24ClNO4. The van der Waals surface area contributed by atoms with Crippen molar-refractivity contribution in [2.45, 2.75) is 25.8 Å². The number of carbonyl (C=O) groups excluding carboxylic acids is 2. The molecule has 1 aliphatic rings. The molecule has 3 aromatic rings. The fourth-order valence-electron chi connectivity index (χ4n) is 4.14. The fraction of sp³-hybridized carbons (Fsp3) is 0.185. The van der Waals surface area contributed by atoms with Gasteiger partial charge in [-0.2, -0.15) is 0 Å². The van der Waals surface area contributed by atoms with Gasteiger partial charge < -0.3 is 9.84 Å². The monoisotopic (exact) mass is 461 g/mol. The van der Waals surface area contributed by atoms with E-state index in [4.69, 9.17) is 16.3 Å². The van der Waals surface area contributed by atoms with Crippen molar-refractivity contribution in [2.75, 3.05) is 12.0 Å². The zero-order chi connectivity index (χ0) is 23.7. The highest BCUT2D eigenvalue weighted by Gasteiger charge is 2.46. The Balaban J connectivity index is 1.93. The Morgan fingerprint density at radius 1 is 1.00 bits per heavy atom. The van der Waals surface area contributed by atoms with Gasteiger partial charge in [0.05, 0.1) is 18.7 Å². The summed E-state index contributed by atoms with van der Waals surface area (Å²) in [6.45, 7) is 4.04. The summed E-state index contributed by atoms with van der Waals surface area (Å²) in [5, 5.41) is 11.9. The molecule has 0 spiro atoms. The Kier molecular flexibility index (Phi) is 6.25. The molecule has 6 heteroatoms. The van der Waals surface area contributed by atoms with E-state index in [0.717, 1.165) is 5.56 Å². The maximum atomic E-state index is 13.2. The lowest BCUT2D eigenvalue weighted by molar-refractivity contribution is -0.132. The van der Waals surface area contributed by atoms with Crippen molar-refractivity contribution in [1.82, 2.24) is 0 Å². The molecule has 0 bridgehead atoms. The Bertz CT molecular complexity index is 1230. The molecule has 0 saturated carbocycles. The highest BCUT2D eigenvalue weighted by molar-refractivity contribution is 6.51. The fourth-order valence-corrected chi connectivity index (χ4v) is 4.27. The number of halogens is 1. The van der Waals surface area contributed by atoms with Gasteiger partial charge in [0.25, 0.3) is 11.7 Å². The Morgan fingerprint density at radius 3 is 2.27 bits per heavy atom. The molecule has 1 heterocycles. The predicted molar refractivity (Wildman–Crippen MR) is 130 cm³/mol. The van der Waals surface area contributed by atoms with E-state index in [1.807, 2.05) is 44.2 Å². The number of nitrogens with zero attached hydrogens (tertiary/aromatic N) is 1. The lowest BCUT2D eigenvalue weighted by Gasteiger charge is -2.25. The minimum atomic E-state index is -0.781. The normalized spacial score (nSPS) is 17.6. The number of rotatable bonds is 5. The number of hydrogen-bond donors (Lipinski definition) is 1. The molecule has 4 rings (SSSR count). The molecule has 1 saturated heterocycles. The first kappa shape index (κ1) is 22.6. The average Bonchev–Trinajstić information content (AvgIpc) is 3.09. The van der Waals surface area contributed by atoms with Crippen molar-refractivity contribution >= 4 is 34.7 Å². The van der Waals surface area contributed by atoms with E-state index in [-0.39, 0.29) is 17.3 Å². The van der Waals surface area contributed by atoms with Gasteiger partial charge in [-0.15, -0.1) is 0 Å². The van der Waals surface area contributed by atoms with E-state index in [1.54, 1.807) is 49.6 Å². The molecule has 33 heavy (non-hydrogen) atoms. The van der Waals surface area contributed by atoms with Gasteiger partial charge >= 0.3 is 0 Å². The second-order valence-corrected chi connectivity index (χ2v) is 8.60. The number of aliphatic hydroxyl groups is 1. The summed E-state index contributed by atoms with van der Waals surface area (Å²) in [5.41, 5.74) is 2.62. The molecule has 5 nitrogen and oxygen atoms in total. The van der Waals surface area contributed by atoms with Crippen LogP contribution in [-0.2, 0) is 9.59 Å². The first-order valence-corrected chi connectivity index (χ1v) is 11.0. The zero-order valence-corrected chi connectivity index (χ0v) is 19.3. The molecule has 3 aromatic carbocycles. The van der Waals surface area contributed by atoms with E-state index >= 15 is 0 Å². The van der Waals surface area contributed by atoms with Crippen LogP contribution in [0.25, 0.3) is 5.76 Å². The van der Waals surface area contributed by atoms with Crippen LogP contribution in [0.2, 0.25) is 5.02 Å². The van der Waals surface area contributed by atoms with Crippen molar-refractivity contribution < 1.29 is 19.4 Å². The summed E-state index contributed by atoms with van der Waals surface area (Å²) in [7, 11) is 1.59. The van der Waals surface area contributed by atoms with Crippen LogP contribution in [0.1, 0.15) is 42.5 Å². The van der Waals surface area contributed by atoms with Crippen LogP contribution in [0.15, 0.2) is 78.4 Å². The Morgan fingerprint density at radius 2 is 1.67 bits per heavy atom. The summed E-state index contributed by atoms with van der Waals surface area (Å²) in [5.74, 6) is -0.830. The van der Waals surface area contributed by atoms with Gasteiger partial charge in [0.15, 0.2) is 0 Å². The molecule has 0 aliphatic carbocycles. The molecular weight excluding hydrogens is 438 g/mol. The summed E-state index contributed by atoms with van der Waals surface area (Å²) < 4.78 is 5.44.